The van der Waals surface area contributed by atoms with Crippen LogP contribution in [-0.2, 0) is 0 Å². The number of rotatable bonds is 1. The topological polar surface area (TPSA) is 20.2 Å². The molecule has 1 atom stereocenters. The van der Waals surface area contributed by atoms with E-state index in [1.165, 1.54) is 6.92 Å². The molecule has 0 saturated carbocycles. The van der Waals surface area contributed by atoms with E-state index in [1.54, 1.807) is 0 Å². The molecule has 0 amide bonds. The number of aliphatic hydroxyl groups is 1. The minimum absolute atomic E-state index is 0. The van der Waals surface area contributed by atoms with Gasteiger partial charge < -0.3 is 6.53 Å². The zero-order valence-corrected chi connectivity index (χ0v) is 7.87. The summed E-state index contributed by atoms with van der Waals surface area (Å²) >= 11 is 10.3. The summed E-state index contributed by atoms with van der Waals surface area (Å²) < 4.78 is 0. The van der Waals surface area contributed by atoms with Crippen molar-refractivity contribution in [1.29, 1.82) is 0 Å². The quantitative estimate of drug-likeness (QED) is 0.351. The zero-order valence-electron chi connectivity index (χ0n) is 5.36. The van der Waals surface area contributed by atoms with Crippen LogP contribution < -0.4 is 29.6 Å². The normalized spacial score (nSPS) is 13.3. The van der Waals surface area contributed by atoms with Gasteiger partial charge in [0.25, 0.3) is 0 Å². The van der Waals surface area contributed by atoms with E-state index in [0.717, 1.165) is 0 Å². The van der Waals surface area contributed by atoms with Crippen molar-refractivity contribution in [2.24, 2.45) is 0 Å². The zero-order chi connectivity index (χ0) is 5.15. The van der Waals surface area contributed by atoms with Crippen LogP contribution in [0.5, 0.6) is 0 Å². The molecule has 0 aliphatic carbocycles. The molecule has 0 spiro atoms. The number of halogens is 2. The van der Waals surface area contributed by atoms with Crippen molar-refractivity contribution >= 4 is 23.2 Å². The third-order valence-corrected chi connectivity index (χ3v) is 1.09. The van der Waals surface area contributed by atoms with Crippen molar-refractivity contribution in [3.05, 3.63) is 0 Å². The van der Waals surface area contributed by atoms with Gasteiger partial charge in [-0.2, -0.15) is 0 Å². The van der Waals surface area contributed by atoms with E-state index in [2.05, 4.69) is 0 Å². The summed E-state index contributed by atoms with van der Waals surface area (Å²) in [5.41, 5.74) is 0. The van der Waals surface area contributed by atoms with Gasteiger partial charge >= 0.3 is 29.6 Å². The Morgan fingerprint density at radius 2 is 1.71 bits per heavy atom. The van der Waals surface area contributed by atoms with Gasteiger partial charge in [0.1, 0.15) is 4.84 Å². The predicted molar refractivity (Wildman–Crippen MR) is 28.3 cm³/mol. The summed E-state index contributed by atoms with van der Waals surface area (Å²) in [5.74, 6) is 0. The molecular formula is C3H7Cl2NaO. The molecule has 0 aliphatic rings. The molecule has 0 rings (SSSR count). The van der Waals surface area contributed by atoms with E-state index < -0.39 is 10.9 Å². The Labute approximate surface area is 76.8 Å². The van der Waals surface area contributed by atoms with Crippen LogP contribution in [0.2, 0.25) is 0 Å². The molecule has 0 aliphatic heterocycles. The van der Waals surface area contributed by atoms with Crippen LogP contribution in [0.15, 0.2) is 0 Å². The van der Waals surface area contributed by atoms with E-state index >= 15 is 0 Å². The monoisotopic (exact) mass is 152 g/mol. The standard InChI is InChI=1S/C3H6Cl2O.Na.H/c1-2(6)3(4)5;;/h2-3,6H,1H3;;/q;+1;-1. The maximum atomic E-state index is 8.37. The van der Waals surface area contributed by atoms with Gasteiger partial charge in [0.15, 0.2) is 0 Å². The van der Waals surface area contributed by atoms with Gasteiger partial charge in [-0.05, 0) is 6.92 Å². The molecule has 1 N–H and O–H groups in total. The molecule has 0 radical (unpaired) electrons. The van der Waals surface area contributed by atoms with Gasteiger partial charge in [0, 0.05) is 0 Å². The van der Waals surface area contributed by atoms with Crippen molar-refractivity contribution in [3.8, 4) is 0 Å². The van der Waals surface area contributed by atoms with Crippen molar-refractivity contribution in [2.75, 3.05) is 0 Å². The first kappa shape index (κ1) is 11.4. The van der Waals surface area contributed by atoms with Crippen molar-refractivity contribution < 1.29 is 36.1 Å². The van der Waals surface area contributed by atoms with Crippen LogP contribution in [-0.4, -0.2) is 16.0 Å². The summed E-state index contributed by atoms with van der Waals surface area (Å²) in [5, 5.41) is 8.37. The fourth-order valence-corrected chi connectivity index (χ4v) is 0. The van der Waals surface area contributed by atoms with Gasteiger partial charge in [-0.3, -0.25) is 0 Å². The number of hydrogen-bond acceptors (Lipinski definition) is 1. The molecule has 0 bridgehead atoms. The maximum Gasteiger partial charge on any atom is 1.00 e. The summed E-state index contributed by atoms with van der Waals surface area (Å²) in [7, 11) is 0. The second-order valence-corrected chi connectivity index (χ2v) is 2.24. The molecule has 40 valence electrons. The molecule has 0 aromatic rings. The molecule has 1 nitrogen and oxygen atoms in total. The Morgan fingerprint density at radius 3 is 1.71 bits per heavy atom. The van der Waals surface area contributed by atoms with Gasteiger partial charge in [-0.15, -0.1) is 23.2 Å². The fraction of sp³-hybridized carbons (Fsp3) is 1.00. The molecule has 1 unspecified atom stereocenters. The molecule has 7 heavy (non-hydrogen) atoms. The summed E-state index contributed by atoms with van der Waals surface area (Å²) in [6, 6.07) is 0. The average molecular weight is 153 g/mol. The molecule has 0 saturated heterocycles. The Bertz CT molecular complexity index is 38.3. The van der Waals surface area contributed by atoms with Crippen LogP contribution in [0, 0.1) is 0 Å². The van der Waals surface area contributed by atoms with Crippen LogP contribution in [0.3, 0.4) is 0 Å². The van der Waals surface area contributed by atoms with E-state index in [-0.39, 0.29) is 31.0 Å². The van der Waals surface area contributed by atoms with Crippen molar-refractivity contribution in [2.45, 2.75) is 17.9 Å². The third-order valence-electron chi connectivity index (χ3n) is 0.365. The summed E-state index contributed by atoms with van der Waals surface area (Å²) in [6.45, 7) is 1.53. The minimum atomic E-state index is -0.648. The fourth-order valence-electron chi connectivity index (χ4n) is 0. The molecule has 0 fully saturated rings. The van der Waals surface area contributed by atoms with E-state index in [4.69, 9.17) is 28.3 Å². The summed E-state index contributed by atoms with van der Waals surface area (Å²) in [4.78, 5) is -0.648. The molecule has 0 aromatic heterocycles. The number of alkyl halides is 2. The maximum absolute atomic E-state index is 8.37. The van der Waals surface area contributed by atoms with Crippen LogP contribution in [0.1, 0.15) is 8.35 Å². The molecule has 4 heteroatoms. The van der Waals surface area contributed by atoms with Gasteiger partial charge in [0.2, 0.25) is 0 Å². The number of aliphatic hydroxyl groups excluding tert-OH is 1. The second kappa shape index (κ2) is 5.67. The van der Waals surface area contributed by atoms with E-state index in [9.17, 15) is 0 Å². The first-order valence-corrected chi connectivity index (χ1v) is 2.48. The van der Waals surface area contributed by atoms with E-state index in [1.807, 2.05) is 0 Å². The SMILES string of the molecule is CC(O)C(Cl)Cl.[H-].[Na+]. The van der Waals surface area contributed by atoms with Crippen molar-refractivity contribution in [1.82, 2.24) is 0 Å². The minimum Gasteiger partial charge on any atom is -1.00 e. The average Bonchev–Trinajstić information content (AvgIpc) is 1.36. The molecule has 0 aromatic carbocycles. The molecule has 0 heterocycles. The smallest absolute Gasteiger partial charge is 1.00 e. The van der Waals surface area contributed by atoms with Crippen LogP contribution in [0.25, 0.3) is 0 Å². The Hall–Kier alpha value is 1.54. The van der Waals surface area contributed by atoms with Crippen molar-refractivity contribution in [3.63, 3.8) is 0 Å². The number of hydrogen-bond donors (Lipinski definition) is 1. The van der Waals surface area contributed by atoms with Gasteiger partial charge in [0.05, 0.1) is 6.10 Å². The van der Waals surface area contributed by atoms with Gasteiger partial charge in [-0.25, -0.2) is 0 Å². The summed E-state index contributed by atoms with van der Waals surface area (Å²) in [6.07, 6.45) is -0.617. The van der Waals surface area contributed by atoms with Crippen LogP contribution >= 0.6 is 23.2 Å². The van der Waals surface area contributed by atoms with Crippen LogP contribution in [0.4, 0.5) is 0 Å². The first-order chi connectivity index (χ1) is 2.64. The predicted octanol–water partition coefficient (Wildman–Crippen LogP) is -1.71. The van der Waals surface area contributed by atoms with Gasteiger partial charge in [-0.1, -0.05) is 0 Å². The largest absolute Gasteiger partial charge is 1.00 e. The second-order valence-electron chi connectivity index (χ2n) is 1.08. The third kappa shape index (κ3) is 7.54. The Morgan fingerprint density at radius 1 is 1.57 bits per heavy atom. The van der Waals surface area contributed by atoms with E-state index in [0.29, 0.717) is 0 Å². The molecular weight excluding hydrogens is 146 g/mol. The Kier molecular flexibility index (Phi) is 9.20. The first-order valence-electron chi connectivity index (χ1n) is 1.61. The Balaban J connectivity index is -0.000000125.